The van der Waals surface area contributed by atoms with E-state index in [9.17, 15) is 9.59 Å². The molecule has 2 aromatic carbocycles. The predicted molar refractivity (Wildman–Crippen MR) is 92.5 cm³/mol. The van der Waals surface area contributed by atoms with Crippen LogP contribution < -0.4 is 4.90 Å². The Morgan fingerprint density at radius 3 is 2.58 bits per heavy atom. The number of aromatic nitrogens is 1. The van der Waals surface area contributed by atoms with E-state index in [0.29, 0.717) is 12.1 Å². The van der Waals surface area contributed by atoms with E-state index in [1.807, 2.05) is 48.5 Å². The lowest BCUT2D eigenvalue weighted by Crippen LogP contribution is -2.30. The lowest BCUT2D eigenvalue weighted by molar-refractivity contribution is -0.122. The third-order valence-electron chi connectivity index (χ3n) is 4.44. The van der Waals surface area contributed by atoms with Gasteiger partial charge in [-0.15, -0.1) is 0 Å². The largest absolute Gasteiger partial charge is 0.274 e. The van der Waals surface area contributed by atoms with Crippen molar-refractivity contribution < 1.29 is 9.59 Å². The summed E-state index contributed by atoms with van der Waals surface area (Å²) in [5.74, 6) is -0.589. The first-order chi connectivity index (χ1) is 11.7. The first kappa shape index (κ1) is 14.6. The first-order valence-electron chi connectivity index (χ1n) is 7.98. The van der Waals surface area contributed by atoms with Gasteiger partial charge in [0.15, 0.2) is 0 Å². The predicted octanol–water partition coefficient (Wildman–Crippen LogP) is 3.36. The summed E-state index contributed by atoms with van der Waals surface area (Å²) in [5.41, 5.74) is 2.55. The molecule has 2 heterocycles. The minimum Gasteiger partial charge on any atom is -0.274 e. The molecule has 0 saturated carbocycles. The number of amides is 2. The summed E-state index contributed by atoms with van der Waals surface area (Å²) >= 11 is 0. The number of rotatable bonds is 3. The van der Waals surface area contributed by atoms with E-state index in [0.717, 1.165) is 16.5 Å². The third kappa shape index (κ3) is 2.46. The highest BCUT2D eigenvalue weighted by Gasteiger charge is 2.39. The van der Waals surface area contributed by atoms with E-state index in [2.05, 4.69) is 4.98 Å². The Hall–Kier alpha value is -3.01. The van der Waals surface area contributed by atoms with Crippen LogP contribution in [0.25, 0.3) is 10.9 Å². The van der Waals surface area contributed by atoms with E-state index in [4.69, 9.17) is 0 Å². The fourth-order valence-electron chi connectivity index (χ4n) is 3.30. The number of carbonyl (C=O) groups is 2. The van der Waals surface area contributed by atoms with Crippen molar-refractivity contribution in [3.63, 3.8) is 0 Å². The van der Waals surface area contributed by atoms with Gasteiger partial charge >= 0.3 is 0 Å². The van der Waals surface area contributed by atoms with Crippen LogP contribution >= 0.6 is 0 Å². The highest BCUT2D eigenvalue weighted by Crippen LogP contribution is 2.30. The Balaban J connectivity index is 1.64. The molecule has 1 aliphatic rings. The van der Waals surface area contributed by atoms with Crippen molar-refractivity contribution in [2.75, 3.05) is 4.90 Å². The van der Waals surface area contributed by atoms with E-state index in [-0.39, 0.29) is 24.2 Å². The lowest BCUT2D eigenvalue weighted by atomic mass is 9.96. The van der Waals surface area contributed by atoms with Crippen LogP contribution in [0.2, 0.25) is 0 Å². The van der Waals surface area contributed by atoms with E-state index in [1.165, 1.54) is 4.90 Å². The maximum Gasteiger partial charge on any atom is 0.237 e. The summed E-state index contributed by atoms with van der Waals surface area (Å²) in [6.07, 6.45) is 2.53. The van der Waals surface area contributed by atoms with Crippen LogP contribution in [-0.4, -0.2) is 16.8 Å². The fraction of sp³-hybridized carbons (Fsp3) is 0.150. The molecule has 4 nitrogen and oxygen atoms in total. The summed E-state index contributed by atoms with van der Waals surface area (Å²) in [6, 6.07) is 19.0. The number of pyridine rings is 1. The standard InChI is InChI=1S/C20H16N2O2/c23-18-13-16(20(24)22(18)17-9-2-1-3-10-17)12-15-7-4-6-14-8-5-11-21-19(14)15/h1-11,16H,12-13H2. The molecule has 118 valence electrons. The summed E-state index contributed by atoms with van der Waals surface area (Å²) < 4.78 is 0. The molecule has 0 spiro atoms. The Morgan fingerprint density at radius 2 is 1.75 bits per heavy atom. The van der Waals surface area contributed by atoms with E-state index < -0.39 is 0 Å². The Morgan fingerprint density at radius 1 is 0.958 bits per heavy atom. The second kappa shape index (κ2) is 5.89. The molecule has 1 aliphatic heterocycles. The molecule has 0 bridgehead atoms. The van der Waals surface area contributed by atoms with Gasteiger partial charge in [0.25, 0.3) is 0 Å². The Bertz CT molecular complexity index is 916. The number of imide groups is 1. The van der Waals surface area contributed by atoms with Crippen molar-refractivity contribution in [2.24, 2.45) is 5.92 Å². The molecular formula is C20H16N2O2. The summed E-state index contributed by atoms with van der Waals surface area (Å²) in [7, 11) is 0. The average molecular weight is 316 g/mol. The van der Waals surface area contributed by atoms with Gasteiger partial charge in [0, 0.05) is 18.0 Å². The SMILES string of the molecule is O=C1CC(Cc2cccc3cccnc23)C(=O)N1c1ccccc1. The minimum atomic E-state index is -0.328. The number of carbonyl (C=O) groups excluding carboxylic acids is 2. The Kier molecular flexibility index (Phi) is 3.58. The van der Waals surface area contributed by atoms with E-state index in [1.54, 1.807) is 18.3 Å². The van der Waals surface area contributed by atoms with Crippen molar-refractivity contribution in [1.29, 1.82) is 0 Å². The van der Waals surface area contributed by atoms with Crippen molar-refractivity contribution in [1.82, 2.24) is 4.98 Å². The van der Waals surface area contributed by atoms with Crippen molar-refractivity contribution in [3.05, 3.63) is 72.4 Å². The zero-order chi connectivity index (χ0) is 16.5. The molecule has 0 N–H and O–H groups in total. The summed E-state index contributed by atoms with van der Waals surface area (Å²) in [6.45, 7) is 0. The van der Waals surface area contributed by atoms with Crippen LogP contribution in [0.5, 0.6) is 0 Å². The minimum absolute atomic E-state index is 0.126. The molecule has 24 heavy (non-hydrogen) atoms. The smallest absolute Gasteiger partial charge is 0.237 e. The van der Waals surface area contributed by atoms with Crippen molar-refractivity contribution >= 4 is 28.4 Å². The van der Waals surface area contributed by atoms with Crippen LogP contribution in [0.3, 0.4) is 0 Å². The molecule has 1 saturated heterocycles. The fourth-order valence-corrected chi connectivity index (χ4v) is 3.30. The molecular weight excluding hydrogens is 300 g/mol. The average Bonchev–Trinajstić information content (AvgIpc) is 2.90. The van der Waals surface area contributed by atoms with Gasteiger partial charge in [-0.05, 0) is 30.2 Å². The first-order valence-corrected chi connectivity index (χ1v) is 7.98. The second-order valence-electron chi connectivity index (χ2n) is 6.00. The van der Waals surface area contributed by atoms with Gasteiger partial charge < -0.3 is 0 Å². The molecule has 1 unspecified atom stereocenters. The van der Waals surface area contributed by atoms with Gasteiger partial charge in [0.1, 0.15) is 0 Å². The van der Waals surface area contributed by atoms with Crippen LogP contribution in [-0.2, 0) is 16.0 Å². The molecule has 1 aromatic heterocycles. The monoisotopic (exact) mass is 316 g/mol. The molecule has 3 aromatic rings. The number of para-hydroxylation sites is 2. The molecule has 2 amide bonds. The number of nitrogens with zero attached hydrogens (tertiary/aromatic N) is 2. The zero-order valence-electron chi connectivity index (χ0n) is 13.1. The van der Waals surface area contributed by atoms with Gasteiger partial charge in [-0.25, -0.2) is 0 Å². The van der Waals surface area contributed by atoms with Gasteiger partial charge in [0.05, 0.1) is 17.1 Å². The van der Waals surface area contributed by atoms with Crippen molar-refractivity contribution in [3.8, 4) is 0 Å². The van der Waals surface area contributed by atoms with Crippen LogP contribution in [0.1, 0.15) is 12.0 Å². The Labute approximate surface area is 139 Å². The normalized spacial score (nSPS) is 17.7. The van der Waals surface area contributed by atoms with Crippen LogP contribution in [0, 0.1) is 5.92 Å². The summed E-state index contributed by atoms with van der Waals surface area (Å²) in [4.78, 5) is 30.8. The van der Waals surface area contributed by atoms with Gasteiger partial charge in [-0.3, -0.25) is 19.5 Å². The zero-order valence-corrected chi connectivity index (χ0v) is 13.1. The summed E-state index contributed by atoms with van der Waals surface area (Å²) in [5, 5.41) is 1.05. The molecule has 4 heteroatoms. The number of anilines is 1. The van der Waals surface area contributed by atoms with Gasteiger partial charge in [-0.2, -0.15) is 0 Å². The molecule has 0 radical (unpaired) electrons. The molecule has 1 atom stereocenters. The van der Waals surface area contributed by atoms with Crippen molar-refractivity contribution in [2.45, 2.75) is 12.8 Å². The second-order valence-corrected chi connectivity index (χ2v) is 6.00. The third-order valence-corrected chi connectivity index (χ3v) is 4.44. The number of benzene rings is 2. The van der Waals surface area contributed by atoms with E-state index >= 15 is 0 Å². The quantitative estimate of drug-likeness (QED) is 0.696. The molecule has 0 aliphatic carbocycles. The molecule has 4 rings (SSSR count). The number of hydrogen-bond donors (Lipinski definition) is 0. The highest BCUT2D eigenvalue weighted by atomic mass is 16.2. The maximum absolute atomic E-state index is 12.7. The van der Waals surface area contributed by atoms with Gasteiger partial charge in [-0.1, -0.05) is 42.5 Å². The number of hydrogen-bond acceptors (Lipinski definition) is 3. The van der Waals surface area contributed by atoms with Crippen LogP contribution in [0.15, 0.2) is 66.9 Å². The molecule has 1 fully saturated rings. The lowest BCUT2D eigenvalue weighted by Gasteiger charge is -2.15. The topological polar surface area (TPSA) is 50.3 Å². The number of fused-ring (bicyclic) bond motifs is 1. The van der Waals surface area contributed by atoms with Crippen LogP contribution in [0.4, 0.5) is 5.69 Å². The highest BCUT2D eigenvalue weighted by molar-refractivity contribution is 6.21. The van der Waals surface area contributed by atoms with Gasteiger partial charge in [0.2, 0.25) is 11.8 Å². The maximum atomic E-state index is 12.7.